The summed E-state index contributed by atoms with van der Waals surface area (Å²) >= 11 is 6.01. The molecule has 144 valence electrons. The molecule has 3 aromatic rings. The Labute approximate surface area is 164 Å². The number of halogens is 4. The molecule has 0 aliphatic carbocycles. The van der Waals surface area contributed by atoms with Crippen LogP contribution in [0.1, 0.15) is 28.6 Å². The van der Waals surface area contributed by atoms with Crippen molar-refractivity contribution < 1.29 is 13.2 Å². The number of aryl methyl sites for hydroxylation is 2. The van der Waals surface area contributed by atoms with E-state index in [1.807, 2.05) is 11.6 Å². The van der Waals surface area contributed by atoms with Gasteiger partial charge in [0.05, 0.1) is 17.3 Å². The number of aromatic nitrogens is 3. The molecule has 1 atom stereocenters. The van der Waals surface area contributed by atoms with Crippen molar-refractivity contribution in [1.29, 1.82) is 0 Å². The average Bonchev–Trinajstić information content (AvgIpc) is 2.63. The summed E-state index contributed by atoms with van der Waals surface area (Å²) in [6.45, 7) is 3.17. The molecule has 2 heterocycles. The van der Waals surface area contributed by atoms with Crippen molar-refractivity contribution in [3.05, 3.63) is 63.6 Å². The van der Waals surface area contributed by atoms with Gasteiger partial charge in [-0.1, -0.05) is 29.7 Å². The highest BCUT2D eigenvalue weighted by Gasteiger charge is 2.33. The van der Waals surface area contributed by atoms with Crippen LogP contribution in [-0.4, -0.2) is 14.5 Å². The van der Waals surface area contributed by atoms with Gasteiger partial charge >= 0.3 is 6.18 Å². The first-order chi connectivity index (χ1) is 13.1. The van der Waals surface area contributed by atoms with Gasteiger partial charge in [0.1, 0.15) is 17.0 Å². The first-order valence-electron chi connectivity index (χ1n) is 8.29. The minimum Gasteiger partial charge on any atom is -0.331 e. The number of hydrogen-bond donors (Lipinski definition) is 0. The van der Waals surface area contributed by atoms with Crippen LogP contribution in [0.3, 0.4) is 0 Å². The Kier molecular flexibility index (Phi) is 5.18. The minimum absolute atomic E-state index is 0.0453. The normalized spacial score (nSPS) is 13.6. The lowest BCUT2D eigenvalue weighted by molar-refractivity contribution is -0.138. The Bertz CT molecular complexity index is 1170. The zero-order valence-electron chi connectivity index (χ0n) is 15.3. The third kappa shape index (κ3) is 3.60. The molecule has 2 aromatic heterocycles. The fourth-order valence-electron chi connectivity index (χ4n) is 3.01. The lowest BCUT2D eigenvalue weighted by Gasteiger charge is -2.16. The van der Waals surface area contributed by atoms with E-state index in [9.17, 15) is 13.2 Å². The van der Waals surface area contributed by atoms with Crippen molar-refractivity contribution in [2.24, 2.45) is 12.0 Å². The highest BCUT2D eigenvalue weighted by atomic mass is 35.5. The van der Waals surface area contributed by atoms with Gasteiger partial charge in [-0.15, -0.1) is 6.42 Å². The Balaban J connectivity index is 2.28. The van der Waals surface area contributed by atoms with Gasteiger partial charge in [0.2, 0.25) is 0 Å². The fourth-order valence-corrected chi connectivity index (χ4v) is 3.16. The Morgan fingerprint density at radius 2 is 2.00 bits per heavy atom. The van der Waals surface area contributed by atoms with Crippen LogP contribution in [0.5, 0.6) is 0 Å². The van der Waals surface area contributed by atoms with Crippen molar-refractivity contribution in [3.8, 4) is 12.3 Å². The summed E-state index contributed by atoms with van der Waals surface area (Å²) in [5, 5.41) is 0.861. The number of terminal acetylenes is 1. The second-order valence-electron chi connectivity index (χ2n) is 6.28. The maximum Gasteiger partial charge on any atom is 0.416 e. The van der Waals surface area contributed by atoms with E-state index in [0.717, 1.165) is 11.6 Å². The van der Waals surface area contributed by atoms with Crippen LogP contribution in [0.15, 0.2) is 35.5 Å². The van der Waals surface area contributed by atoms with E-state index >= 15 is 0 Å². The molecule has 4 nitrogen and oxygen atoms in total. The van der Waals surface area contributed by atoms with Crippen molar-refractivity contribution in [2.75, 3.05) is 0 Å². The molecule has 0 unspecified atom stereocenters. The molecule has 0 aliphatic rings. The van der Waals surface area contributed by atoms with E-state index in [2.05, 4.69) is 20.9 Å². The first-order valence-corrected chi connectivity index (χ1v) is 8.67. The number of alkyl halides is 3. The summed E-state index contributed by atoms with van der Waals surface area (Å²) in [5.74, 6) is 3.12. The van der Waals surface area contributed by atoms with Crippen molar-refractivity contribution >= 4 is 22.5 Å². The lowest BCUT2D eigenvalue weighted by atomic mass is 9.97. The predicted octanol–water partition coefficient (Wildman–Crippen LogP) is 4.53. The summed E-state index contributed by atoms with van der Waals surface area (Å²) in [6.07, 6.45) is 2.74. The summed E-state index contributed by atoms with van der Waals surface area (Å²) < 4.78 is 41.6. The zero-order valence-corrected chi connectivity index (χ0v) is 16.1. The summed E-state index contributed by atoms with van der Waals surface area (Å²) in [5.41, 5.74) is 0.644. The molecule has 28 heavy (non-hydrogen) atoms. The molecule has 0 fully saturated rings. The number of nitrogens with zero attached hydrogens (tertiary/aromatic N) is 4. The molecule has 3 rings (SSSR count). The van der Waals surface area contributed by atoms with Crippen LogP contribution >= 0.6 is 11.6 Å². The van der Waals surface area contributed by atoms with E-state index in [-0.39, 0.29) is 10.7 Å². The van der Waals surface area contributed by atoms with Gasteiger partial charge in [0.25, 0.3) is 0 Å². The average molecular weight is 405 g/mol. The van der Waals surface area contributed by atoms with Crippen LogP contribution in [-0.2, 0) is 13.2 Å². The molecule has 0 saturated heterocycles. The first kappa shape index (κ1) is 19.9. The van der Waals surface area contributed by atoms with E-state index in [4.69, 9.17) is 18.0 Å². The van der Waals surface area contributed by atoms with Gasteiger partial charge in [-0.3, -0.25) is 0 Å². The number of pyridine rings is 1. The number of rotatable bonds is 2. The standard InChI is InChI=1S/C20H16ClF3N4/c1-5-16(13-7-6-8-15(11(13)2)20(22,23)24)27-19-14-9-18(21)25-10-17(14)28(4)12(3)26-19/h1,6-10,16H,2-4H3/b27-19-/t16-/m1/s1. The van der Waals surface area contributed by atoms with E-state index in [1.54, 1.807) is 25.3 Å². The second-order valence-corrected chi connectivity index (χ2v) is 6.67. The third-order valence-corrected chi connectivity index (χ3v) is 4.80. The largest absolute Gasteiger partial charge is 0.416 e. The Morgan fingerprint density at radius 1 is 1.29 bits per heavy atom. The summed E-state index contributed by atoms with van der Waals surface area (Å²) in [4.78, 5) is 13.0. The van der Waals surface area contributed by atoms with Gasteiger partial charge in [-0.2, -0.15) is 13.2 Å². The molecule has 0 aliphatic heterocycles. The zero-order chi connectivity index (χ0) is 20.6. The molecule has 8 heteroatoms. The van der Waals surface area contributed by atoms with Crippen molar-refractivity contribution in [3.63, 3.8) is 0 Å². The summed E-state index contributed by atoms with van der Waals surface area (Å²) in [7, 11) is 1.82. The van der Waals surface area contributed by atoms with Gasteiger partial charge < -0.3 is 4.57 Å². The van der Waals surface area contributed by atoms with Gasteiger partial charge in [0, 0.05) is 12.4 Å². The molecule has 0 N–H and O–H groups in total. The van der Waals surface area contributed by atoms with Gasteiger partial charge in [-0.05, 0) is 37.1 Å². The van der Waals surface area contributed by atoms with Crippen LogP contribution in [0.4, 0.5) is 13.2 Å². The summed E-state index contributed by atoms with van der Waals surface area (Å²) in [6, 6.07) is 4.57. The molecule has 0 saturated carbocycles. The van der Waals surface area contributed by atoms with Crippen LogP contribution < -0.4 is 5.49 Å². The maximum atomic E-state index is 13.3. The van der Waals surface area contributed by atoms with E-state index < -0.39 is 17.8 Å². The minimum atomic E-state index is -4.47. The Morgan fingerprint density at radius 3 is 2.64 bits per heavy atom. The van der Waals surface area contributed by atoms with E-state index in [1.165, 1.54) is 13.0 Å². The molecule has 0 radical (unpaired) electrons. The van der Waals surface area contributed by atoms with E-state index in [0.29, 0.717) is 22.3 Å². The van der Waals surface area contributed by atoms with Gasteiger partial charge in [-0.25, -0.2) is 15.0 Å². The third-order valence-electron chi connectivity index (χ3n) is 4.59. The molecular weight excluding hydrogens is 389 g/mol. The van der Waals surface area contributed by atoms with Gasteiger partial charge in [0.15, 0.2) is 5.49 Å². The fraction of sp³-hybridized carbons (Fsp3) is 0.250. The smallest absolute Gasteiger partial charge is 0.331 e. The molecule has 0 amide bonds. The number of hydrogen-bond acceptors (Lipinski definition) is 3. The molecule has 1 aromatic carbocycles. The van der Waals surface area contributed by atoms with Crippen LogP contribution in [0.25, 0.3) is 10.9 Å². The van der Waals surface area contributed by atoms with Crippen molar-refractivity contribution in [1.82, 2.24) is 14.5 Å². The molecular formula is C20H16ClF3N4. The van der Waals surface area contributed by atoms with Crippen LogP contribution in [0, 0.1) is 26.2 Å². The molecule has 0 bridgehead atoms. The van der Waals surface area contributed by atoms with Crippen LogP contribution in [0.2, 0.25) is 5.15 Å². The predicted molar refractivity (Wildman–Crippen MR) is 102 cm³/mol. The SMILES string of the molecule is C#C[C@@H](/N=c1\nc(C)n(C)c2cnc(Cl)cc12)c1cccc(C(F)(F)F)c1C. The van der Waals surface area contributed by atoms with Crippen molar-refractivity contribution in [2.45, 2.75) is 26.1 Å². The quantitative estimate of drug-likeness (QED) is 0.465. The number of fused-ring (bicyclic) bond motifs is 1. The Hall–Kier alpha value is -2.85. The maximum absolute atomic E-state index is 13.3. The highest BCUT2D eigenvalue weighted by Crippen LogP contribution is 2.35. The monoisotopic (exact) mass is 404 g/mol. The highest BCUT2D eigenvalue weighted by molar-refractivity contribution is 6.30. The number of benzene rings is 1. The molecule has 0 spiro atoms. The second kappa shape index (κ2) is 7.28. The lowest BCUT2D eigenvalue weighted by Crippen LogP contribution is -2.18. The topological polar surface area (TPSA) is 43.1 Å².